The minimum Gasteiger partial charge on any atom is -0.497 e. The third-order valence-electron chi connectivity index (χ3n) is 6.66. The van der Waals surface area contributed by atoms with E-state index >= 15 is 0 Å². The van der Waals surface area contributed by atoms with Gasteiger partial charge in [-0.3, -0.25) is 9.59 Å². The Balaban J connectivity index is 1.57. The Morgan fingerprint density at radius 2 is 1.94 bits per heavy atom. The molecule has 1 saturated carbocycles. The van der Waals surface area contributed by atoms with Crippen LogP contribution in [0.2, 0.25) is 0 Å². The van der Waals surface area contributed by atoms with Gasteiger partial charge in [-0.2, -0.15) is 0 Å². The topological polar surface area (TPSA) is 49.9 Å². The van der Waals surface area contributed by atoms with Gasteiger partial charge in [-0.15, -0.1) is 17.9 Å². The number of thiophene rings is 1. The first-order valence-electron chi connectivity index (χ1n) is 11.5. The van der Waals surface area contributed by atoms with Crippen molar-refractivity contribution in [3.63, 3.8) is 0 Å². The monoisotopic (exact) mass is 452 g/mol. The number of nitrogens with zero attached hydrogens (tertiary/aromatic N) is 2. The SMILES string of the molecule is C=CCN(CC(=O)N1CCc2sccc2C1c1ccc(OC)cc1)C(=O)C1CCCCC1. The summed E-state index contributed by atoms with van der Waals surface area (Å²) in [5.74, 6) is 0.933. The molecule has 1 fully saturated rings. The summed E-state index contributed by atoms with van der Waals surface area (Å²) in [6.07, 6.45) is 7.82. The van der Waals surface area contributed by atoms with Crippen LogP contribution in [0.3, 0.4) is 0 Å². The number of hydrogen-bond acceptors (Lipinski definition) is 4. The van der Waals surface area contributed by atoms with Crippen LogP contribution < -0.4 is 4.74 Å². The van der Waals surface area contributed by atoms with E-state index in [0.29, 0.717) is 13.1 Å². The second-order valence-corrected chi connectivity index (χ2v) is 9.65. The lowest BCUT2D eigenvalue weighted by Gasteiger charge is -2.38. The summed E-state index contributed by atoms with van der Waals surface area (Å²) in [6.45, 7) is 4.99. The van der Waals surface area contributed by atoms with E-state index < -0.39 is 0 Å². The number of amides is 2. The molecule has 170 valence electrons. The average Bonchev–Trinajstić information content (AvgIpc) is 3.32. The third kappa shape index (κ3) is 4.75. The van der Waals surface area contributed by atoms with Crippen molar-refractivity contribution in [2.75, 3.05) is 26.7 Å². The van der Waals surface area contributed by atoms with E-state index in [-0.39, 0.29) is 30.3 Å². The predicted octanol–water partition coefficient (Wildman–Crippen LogP) is 4.83. The average molecular weight is 453 g/mol. The number of ether oxygens (including phenoxy) is 1. The number of carbonyl (C=O) groups excluding carboxylic acids is 2. The van der Waals surface area contributed by atoms with Crippen LogP contribution in [0.5, 0.6) is 5.75 Å². The summed E-state index contributed by atoms with van der Waals surface area (Å²) in [6, 6.07) is 9.93. The summed E-state index contributed by atoms with van der Waals surface area (Å²) in [5, 5.41) is 2.10. The summed E-state index contributed by atoms with van der Waals surface area (Å²) >= 11 is 1.75. The van der Waals surface area contributed by atoms with E-state index in [0.717, 1.165) is 43.4 Å². The van der Waals surface area contributed by atoms with Gasteiger partial charge >= 0.3 is 0 Å². The maximum Gasteiger partial charge on any atom is 0.243 e. The lowest BCUT2D eigenvalue weighted by molar-refractivity contribution is -0.144. The Morgan fingerprint density at radius 3 is 2.62 bits per heavy atom. The zero-order chi connectivity index (χ0) is 22.5. The van der Waals surface area contributed by atoms with Crippen LogP contribution in [0.25, 0.3) is 0 Å². The number of fused-ring (bicyclic) bond motifs is 1. The minimum atomic E-state index is -0.140. The first-order chi connectivity index (χ1) is 15.6. The first-order valence-corrected chi connectivity index (χ1v) is 12.4. The minimum absolute atomic E-state index is 0.00585. The van der Waals surface area contributed by atoms with Gasteiger partial charge in [0.25, 0.3) is 0 Å². The maximum absolute atomic E-state index is 13.6. The second kappa shape index (κ2) is 10.3. The molecule has 0 bridgehead atoms. The van der Waals surface area contributed by atoms with E-state index in [4.69, 9.17) is 4.74 Å². The molecule has 1 aliphatic carbocycles. The Bertz CT molecular complexity index is 946. The quantitative estimate of drug-likeness (QED) is 0.566. The molecule has 0 N–H and O–H groups in total. The number of carbonyl (C=O) groups is 2. The fraction of sp³-hybridized carbons (Fsp3) is 0.462. The highest BCUT2D eigenvalue weighted by Crippen LogP contribution is 2.38. The standard InChI is InChI=1S/C26H32N2O3S/c1-3-15-27(26(30)20-7-5-4-6-8-20)18-24(29)28-16-13-23-22(14-17-32-23)25(28)19-9-11-21(31-2)12-10-19/h3,9-12,14,17,20,25H,1,4-8,13,15-16,18H2,2H3. The van der Waals surface area contributed by atoms with Crippen molar-refractivity contribution in [3.8, 4) is 5.75 Å². The number of hydrogen-bond donors (Lipinski definition) is 0. The van der Waals surface area contributed by atoms with Gasteiger partial charge in [-0.1, -0.05) is 37.5 Å². The van der Waals surface area contributed by atoms with Gasteiger partial charge in [0.1, 0.15) is 12.3 Å². The van der Waals surface area contributed by atoms with Crippen LogP contribution in [0.4, 0.5) is 0 Å². The molecule has 2 heterocycles. The molecule has 2 amide bonds. The van der Waals surface area contributed by atoms with Crippen LogP contribution in [-0.2, 0) is 16.0 Å². The molecule has 0 radical (unpaired) electrons. The smallest absolute Gasteiger partial charge is 0.243 e. The van der Waals surface area contributed by atoms with Crippen molar-refractivity contribution in [1.29, 1.82) is 0 Å². The Labute approximate surface area is 194 Å². The normalized spacial score (nSPS) is 18.7. The molecule has 32 heavy (non-hydrogen) atoms. The first kappa shape index (κ1) is 22.6. The molecule has 1 aromatic heterocycles. The van der Waals surface area contributed by atoms with E-state index in [9.17, 15) is 9.59 Å². The molecule has 0 saturated heterocycles. The third-order valence-corrected chi connectivity index (χ3v) is 7.66. The lowest BCUT2D eigenvalue weighted by atomic mass is 9.88. The molecule has 4 rings (SSSR count). The van der Waals surface area contributed by atoms with Crippen molar-refractivity contribution in [1.82, 2.24) is 9.80 Å². The Hall–Kier alpha value is -2.60. The van der Waals surface area contributed by atoms with Gasteiger partial charge in [-0.05, 0) is 54.0 Å². The molecular formula is C26H32N2O3S. The van der Waals surface area contributed by atoms with Crippen molar-refractivity contribution in [2.45, 2.75) is 44.6 Å². The van der Waals surface area contributed by atoms with E-state index in [1.807, 2.05) is 29.2 Å². The zero-order valence-electron chi connectivity index (χ0n) is 18.8. The van der Waals surface area contributed by atoms with Gasteiger partial charge in [0.2, 0.25) is 11.8 Å². The zero-order valence-corrected chi connectivity index (χ0v) is 19.6. The summed E-state index contributed by atoms with van der Waals surface area (Å²) in [5.41, 5.74) is 2.25. The molecular weight excluding hydrogens is 420 g/mol. The second-order valence-electron chi connectivity index (χ2n) is 8.65. The maximum atomic E-state index is 13.6. The van der Waals surface area contributed by atoms with Crippen LogP contribution in [0, 0.1) is 5.92 Å². The van der Waals surface area contributed by atoms with Gasteiger partial charge in [0, 0.05) is 23.9 Å². The number of methoxy groups -OCH3 is 1. The predicted molar refractivity (Wildman–Crippen MR) is 128 cm³/mol. The van der Waals surface area contributed by atoms with Gasteiger partial charge in [-0.25, -0.2) is 0 Å². The summed E-state index contributed by atoms with van der Waals surface area (Å²) < 4.78 is 5.32. The molecule has 1 aliphatic heterocycles. The van der Waals surface area contributed by atoms with E-state index in [1.54, 1.807) is 29.4 Å². The van der Waals surface area contributed by atoms with Crippen LogP contribution in [0.15, 0.2) is 48.4 Å². The Kier molecular flexibility index (Phi) is 7.30. The molecule has 1 atom stereocenters. The summed E-state index contributed by atoms with van der Waals surface area (Å²) in [7, 11) is 1.65. The van der Waals surface area contributed by atoms with Gasteiger partial charge in [0.15, 0.2) is 0 Å². The summed E-state index contributed by atoms with van der Waals surface area (Å²) in [4.78, 5) is 31.7. The van der Waals surface area contributed by atoms with Crippen molar-refractivity contribution >= 4 is 23.2 Å². The Morgan fingerprint density at radius 1 is 1.19 bits per heavy atom. The van der Waals surface area contributed by atoms with Crippen molar-refractivity contribution in [2.24, 2.45) is 5.92 Å². The largest absolute Gasteiger partial charge is 0.497 e. The van der Waals surface area contributed by atoms with E-state index in [1.165, 1.54) is 16.9 Å². The highest BCUT2D eigenvalue weighted by atomic mass is 32.1. The molecule has 2 aliphatic rings. The highest BCUT2D eigenvalue weighted by molar-refractivity contribution is 7.10. The van der Waals surface area contributed by atoms with Crippen LogP contribution in [0.1, 0.15) is 54.1 Å². The fourth-order valence-corrected chi connectivity index (χ4v) is 5.88. The molecule has 1 aromatic carbocycles. The van der Waals surface area contributed by atoms with Gasteiger partial charge in [0.05, 0.1) is 13.2 Å². The highest BCUT2D eigenvalue weighted by Gasteiger charge is 2.35. The molecule has 6 heteroatoms. The number of rotatable bonds is 7. The molecule has 2 aromatic rings. The van der Waals surface area contributed by atoms with Crippen molar-refractivity contribution in [3.05, 3.63) is 64.4 Å². The number of benzene rings is 1. The van der Waals surface area contributed by atoms with Crippen LogP contribution >= 0.6 is 11.3 Å². The molecule has 1 unspecified atom stereocenters. The lowest BCUT2D eigenvalue weighted by Crippen LogP contribution is -2.48. The molecule has 0 spiro atoms. The van der Waals surface area contributed by atoms with Gasteiger partial charge < -0.3 is 14.5 Å². The van der Waals surface area contributed by atoms with Crippen LogP contribution in [-0.4, -0.2) is 48.4 Å². The van der Waals surface area contributed by atoms with E-state index in [2.05, 4.69) is 18.0 Å². The van der Waals surface area contributed by atoms with Crippen molar-refractivity contribution < 1.29 is 14.3 Å². The molecule has 5 nitrogen and oxygen atoms in total. The fourth-order valence-electron chi connectivity index (χ4n) is 4.98.